The van der Waals surface area contributed by atoms with Gasteiger partial charge in [-0.1, -0.05) is 25.4 Å². The number of aromatic nitrogens is 1. The molecule has 21 heavy (non-hydrogen) atoms. The van der Waals surface area contributed by atoms with E-state index in [0.717, 1.165) is 31.2 Å². The van der Waals surface area contributed by atoms with Crippen molar-refractivity contribution >= 4 is 22.5 Å². The van der Waals surface area contributed by atoms with Crippen LogP contribution in [0.25, 0.3) is 10.9 Å². The predicted molar refractivity (Wildman–Crippen MR) is 91.4 cm³/mol. The van der Waals surface area contributed by atoms with Crippen LogP contribution in [-0.4, -0.2) is 29.1 Å². The molecule has 0 fully saturated rings. The second-order valence-corrected chi connectivity index (χ2v) is 6.41. The van der Waals surface area contributed by atoms with Gasteiger partial charge in [0.25, 0.3) is 0 Å². The van der Waals surface area contributed by atoms with Crippen LogP contribution in [-0.2, 0) is 19.4 Å². The van der Waals surface area contributed by atoms with Crippen molar-refractivity contribution in [3.8, 4) is 0 Å². The van der Waals surface area contributed by atoms with Crippen molar-refractivity contribution in [2.75, 3.05) is 19.6 Å². The third-order valence-electron chi connectivity index (χ3n) is 4.87. The zero-order chi connectivity index (χ0) is 14.8. The Labute approximate surface area is 132 Å². The molecule has 0 aliphatic heterocycles. The van der Waals surface area contributed by atoms with Gasteiger partial charge in [0.1, 0.15) is 0 Å². The van der Waals surface area contributed by atoms with Gasteiger partial charge >= 0.3 is 0 Å². The monoisotopic (exact) mass is 304 g/mol. The van der Waals surface area contributed by atoms with Gasteiger partial charge < -0.3 is 9.47 Å². The molecule has 0 unspecified atom stereocenters. The zero-order valence-electron chi connectivity index (χ0n) is 13.2. The summed E-state index contributed by atoms with van der Waals surface area (Å²) in [7, 11) is 0. The van der Waals surface area contributed by atoms with E-state index in [1.807, 2.05) is 6.07 Å². The minimum Gasteiger partial charge on any atom is -0.343 e. The van der Waals surface area contributed by atoms with Crippen LogP contribution in [0.2, 0.25) is 5.02 Å². The van der Waals surface area contributed by atoms with E-state index in [4.69, 9.17) is 11.6 Å². The van der Waals surface area contributed by atoms with E-state index in [1.54, 1.807) is 11.3 Å². The van der Waals surface area contributed by atoms with E-state index in [0.29, 0.717) is 0 Å². The summed E-state index contributed by atoms with van der Waals surface area (Å²) < 4.78 is 2.55. The first-order chi connectivity index (χ1) is 10.2. The van der Waals surface area contributed by atoms with Crippen LogP contribution in [0.3, 0.4) is 0 Å². The minimum absolute atomic E-state index is 0.858. The Bertz CT molecular complexity index is 626. The van der Waals surface area contributed by atoms with Gasteiger partial charge in [0.05, 0.1) is 0 Å². The van der Waals surface area contributed by atoms with Crippen molar-refractivity contribution in [1.82, 2.24) is 9.47 Å². The Morgan fingerprint density at radius 3 is 2.67 bits per heavy atom. The molecule has 0 atom stereocenters. The lowest BCUT2D eigenvalue weighted by Gasteiger charge is -2.21. The molecular formula is C18H25ClN2. The molecule has 3 rings (SSSR count). The van der Waals surface area contributed by atoms with Crippen LogP contribution >= 0.6 is 11.6 Å². The summed E-state index contributed by atoms with van der Waals surface area (Å²) in [6, 6.07) is 6.40. The Morgan fingerprint density at radius 2 is 1.90 bits per heavy atom. The Balaban J connectivity index is 2.00. The number of fused-ring (bicyclic) bond motifs is 3. The molecule has 3 heteroatoms. The molecule has 0 saturated carbocycles. The molecule has 1 aliphatic rings. The summed E-state index contributed by atoms with van der Waals surface area (Å²) in [6.45, 7) is 8.97. The highest BCUT2D eigenvalue weighted by Gasteiger charge is 2.20. The van der Waals surface area contributed by atoms with Gasteiger partial charge in [-0.15, -0.1) is 0 Å². The van der Waals surface area contributed by atoms with E-state index < -0.39 is 0 Å². The van der Waals surface area contributed by atoms with Crippen molar-refractivity contribution in [2.45, 2.75) is 46.1 Å². The number of rotatable bonds is 5. The van der Waals surface area contributed by atoms with E-state index in [-0.39, 0.29) is 0 Å². The second kappa shape index (κ2) is 6.41. The fourth-order valence-corrected chi connectivity index (χ4v) is 3.82. The third-order valence-corrected chi connectivity index (χ3v) is 5.11. The number of hydrogen-bond acceptors (Lipinski definition) is 1. The summed E-state index contributed by atoms with van der Waals surface area (Å²) in [5.41, 5.74) is 4.49. The Hall–Kier alpha value is -0.990. The maximum absolute atomic E-state index is 6.23. The quantitative estimate of drug-likeness (QED) is 0.788. The maximum Gasteiger partial charge on any atom is 0.0486 e. The first-order valence-corrected chi connectivity index (χ1v) is 8.64. The lowest BCUT2D eigenvalue weighted by molar-refractivity contribution is 0.290. The van der Waals surface area contributed by atoms with Crippen LogP contribution in [0.15, 0.2) is 18.2 Å². The SMILES string of the molecule is CCN(CC)CCn1c2c(c3cc(Cl)ccc31)CCCC2. The first-order valence-electron chi connectivity index (χ1n) is 8.26. The predicted octanol–water partition coefficient (Wildman–Crippen LogP) is 4.52. The molecule has 1 heterocycles. The van der Waals surface area contributed by atoms with Gasteiger partial charge in [-0.05, 0) is 62.5 Å². The average molecular weight is 305 g/mol. The minimum atomic E-state index is 0.858. The highest BCUT2D eigenvalue weighted by molar-refractivity contribution is 6.31. The van der Waals surface area contributed by atoms with E-state index in [9.17, 15) is 0 Å². The van der Waals surface area contributed by atoms with Crippen LogP contribution < -0.4 is 0 Å². The molecule has 1 aromatic carbocycles. The lowest BCUT2D eigenvalue weighted by atomic mass is 9.95. The smallest absolute Gasteiger partial charge is 0.0486 e. The summed E-state index contributed by atoms with van der Waals surface area (Å²) >= 11 is 6.23. The lowest BCUT2D eigenvalue weighted by Crippen LogP contribution is -2.27. The summed E-state index contributed by atoms with van der Waals surface area (Å²) in [6.07, 6.45) is 5.07. The number of halogens is 1. The standard InChI is InChI=1S/C18H25ClN2/c1-3-20(4-2)11-12-21-17-8-6-5-7-15(17)16-13-14(19)9-10-18(16)21/h9-10,13H,3-8,11-12H2,1-2H3. The number of likely N-dealkylation sites (N-methyl/N-ethyl adjacent to an activating group) is 1. The summed E-state index contributed by atoms with van der Waals surface area (Å²) in [4.78, 5) is 2.50. The Morgan fingerprint density at radius 1 is 1.14 bits per heavy atom. The highest BCUT2D eigenvalue weighted by atomic mass is 35.5. The topological polar surface area (TPSA) is 8.17 Å². The van der Waals surface area contributed by atoms with Crippen LogP contribution in [0.5, 0.6) is 0 Å². The van der Waals surface area contributed by atoms with Crippen molar-refractivity contribution in [3.63, 3.8) is 0 Å². The molecule has 0 N–H and O–H groups in total. The first kappa shape index (κ1) is 14.9. The van der Waals surface area contributed by atoms with Gasteiger partial charge in [-0.2, -0.15) is 0 Å². The number of benzene rings is 1. The largest absolute Gasteiger partial charge is 0.343 e. The summed E-state index contributed by atoms with van der Waals surface area (Å²) in [5.74, 6) is 0. The molecule has 1 aliphatic carbocycles. The van der Waals surface area contributed by atoms with Gasteiger partial charge in [0.15, 0.2) is 0 Å². The van der Waals surface area contributed by atoms with E-state index >= 15 is 0 Å². The Kier molecular flexibility index (Phi) is 4.56. The molecule has 0 bridgehead atoms. The molecule has 0 amide bonds. The molecule has 2 aromatic rings. The average Bonchev–Trinajstić information content (AvgIpc) is 2.82. The highest BCUT2D eigenvalue weighted by Crippen LogP contribution is 2.33. The molecule has 0 saturated heterocycles. The van der Waals surface area contributed by atoms with E-state index in [2.05, 4.69) is 35.4 Å². The zero-order valence-corrected chi connectivity index (χ0v) is 13.9. The normalized spacial score (nSPS) is 14.9. The van der Waals surface area contributed by atoms with Gasteiger partial charge in [-0.3, -0.25) is 0 Å². The van der Waals surface area contributed by atoms with Crippen molar-refractivity contribution in [1.29, 1.82) is 0 Å². The molecule has 0 radical (unpaired) electrons. The van der Waals surface area contributed by atoms with Gasteiger partial charge in [0.2, 0.25) is 0 Å². The van der Waals surface area contributed by atoms with Crippen molar-refractivity contribution in [3.05, 3.63) is 34.5 Å². The molecule has 1 aromatic heterocycles. The summed E-state index contributed by atoms with van der Waals surface area (Å²) in [5, 5.41) is 2.24. The van der Waals surface area contributed by atoms with Gasteiger partial charge in [-0.25, -0.2) is 0 Å². The fourth-order valence-electron chi connectivity index (χ4n) is 3.64. The number of hydrogen-bond donors (Lipinski definition) is 0. The van der Waals surface area contributed by atoms with Crippen LogP contribution in [0.4, 0.5) is 0 Å². The van der Waals surface area contributed by atoms with Crippen molar-refractivity contribution < 1.29 is 0 Å². The fraction of sp³-hybridized carbons (Fsp3) is 0.556. The van der Waals surface area contributed by atoms with Crippen LogP contribution in [0.1, 0.15) is 37.9 Å². The van der Waals surface area contributed by atoms with Crippen molar-refractivity contribution in [2.24, 2.45) is 0 Å². The van der Waals surface area contributed by atoms with Crippen LogP contribution in [0, 0.1) is 0 Å². The molecule has 114 valence electrons. The molecule has 2 nitrogen and oxygen atoms in total. The second-order valence-electron chi connectivity index (χ2n) is 5.97. The molecule has 0 spiro atoms. The molecular weight excluding hydrogens is 280 g/mol. The number of nitrogens with zero attached hydrogens (tertiary/aromatic N) is 2. The third kappa shape index (κ3) is 2.84. The number of aryl methyl sites for hydroxylation is 1. The maximum atomic E-state index is 6.23. The van der Waals surface area contributed by atoms with Gasteiger partial charge in [0, 0.05) is 34.7 Å². The van der Waals surface area contributed by atoms with E-state index in [1.165, 1.54) is 36.6 Å².